The van der Waals surface area contributed by atoms with Crippen LogP contribution in [0.5, 0.6) is 0 Å². The molecule has 1 atom stereocenters. The van der Waals surface area contributed by atoms with E-state index in [9.17, 15) is 4.79 Å². The molecule has 6 nitrogen and oxygen atoms in total. The smallest absolute Gasteiger partial charge is 0.237 e. The van der Waals surface area contributed by atoms with Gasteiger partial charge in [-0.2, -0.15) is 0 Å². The summed E-state index contributed by atoms with van der Waals surface area (Å²) in [7, 11) is 0. The summed E-state index contributed by atoms with van der Waals surface area (Å²) in [5, 5.41) is 3.34. The third-order valence-corrected chi connectivity index (χ3v) is 4.23. The zero-order chi connectivity index (χ0) is 15.5. The number of fused-ring (bicyclic) bond motifs is 1. The van der Waals surface area contributed by atoms with E-state index in [4.69, 9.17) is 0 Å². The molecule has 0 radical (unpaired) electrons. The normalized spacial score (nSPS) is 12.3. The molecule has 0 bridgehead atoms. The summed E-state index contributed by atoms with van der Waals surface area (Å²) in [6, 6.07) is 7.72. The van der Waals surface area contributed by atoms with Crippen molar-refractivity contribution in [2.75, 3.05) is 5.32 Å². The molecular weight excluding hydrogens is 298 g/mol. The topological polar surface area (TPSA) is 83.6 Å². The van der Waals surface area contributed by atoms with Crippen molar-refractivity contribution < 1.29 is 4.79 Å². The standard InChI is InChI=1S/C15H15N5OS/c1-9-4-3-5-11(6-9)20-14(21)10(2)22-15-12-13(17-7-16-12)18-8-19-15/h3-8,10H,1-2H3,(H,20,21)(H,16,17,18,19). The minimum Gasteiger partial charge on any atom is -0.341 e. The van der Waals surface area contributed by atoms with Gasteiger partial charge in [0.1, 0.15) is 16.9 Å². The number of H-pyrrole nitrogens is 1. The SMILES string of the molecule is Cc1cccc(NC(=O)C(C)Sc2ncnc3nc[nH]c23)c1. The average Bonchev–Trinajstić information content (AvgIpc) is 2.96. The predicted molar refractivity (Wildman–Crippen MR) is 86.8 cm³/mol. The van der Waals surface area contributed by atoms with Gasteiger partial charge >= 0.3 is 0 Å². The minimum absolute atomic E-state index is 0.0677. The van der Waals surface area contributed by atoms with E-state index in [1.165, 1.54) is 18.1 Å². The molecule has 0 spiro atoms. The Labute approximate surface area is 131 Å². The highest BCUT2D eigenvalue weighted by Gasteiger charge is 2.17. The lowest BCUT2D eigenvalue weighted by molar-refractivity contribution is -0.115. The third kappa shape index (κ3) is 3.09. The number of carbonyl (C=O) groups excluding carboxylic acids is 1. The summed E-state index contributed by atoms with van der Waals surface area (Å²) in [6.45, 7) is 3.84. The Kier molecular flexibility index (Phi) is 4.06. The van der Waals surface area contributed by atoms with E-state index in [-0.39, 0.29) is 11.2 Å². The highest BCUT2D eigenvalue weighted by molar-refractivity contribution is 8.00. The quantitative estimate of drug-likeness (QED) is 0.571. The first-order chi connectivity index (χ1) is 10.6. The number of anilines is 1. The van der Waals surface area contributed by atoms with Crippen molar-refractivity contribution in [3.8, 4) is 0 Å². The van der Waals surface area contributed by atoms with E-state index < -0.39 is 0 Å². The molecule has 0 fully saturated rings. The second-order valence-corrected chi connectivity index (χ2v) is 6.23. The molecule has 112 valence electrons. The molecular formula is C15H15N5OS. The highest BCUT2D eigenvalue weighted by Crippen LogP contribution is 2.26. The zero-order valence-corrected chi connectivity index (χ0v) is 13.0. The van der Waals surface area contributed by atoms with Gasteiger partial charge < -0.3 is 10.3 Å². The van der Waals surface area contributed by atoms with Gasteiger partial charge in [-0.05, 0) is 31.5 Å². The van der Waals surface area contributed by atoms with Gasteiger partial charge in [-0.1, -0.05) is 23.9 Å². The molecule has 2 heterocycles. The van der Waals surface area contributed by atoms with Crippen LogP contribution < -0.4 is 5.32 Å². The molecule has 0 aliphatic heterocycles. The van der Waals surface area contributed by atoms with Gasteiger partial charge in [-0.25, -0.2) is 15.0 Å². The number of aromatic nitrogens is 4. The van der Waals surface area contributed by atoms with Crippen molar-refractivity contribution in [1.29, 1.82) is 0 Å². The van der Waals surface area contributed by atoms with Gasteiger partial charge in [-0.15, -0.1) is 0 Å². The number of imidazole rings is 1. The molecule has 3 aromatic rings. The lowest BCUT2D eigenvalue weighted by Gasteiger charge is -2.12. The van der Waals surface area contributed by atoms with E-state index in [0.29, 0.717) is 5.65 Å². The maximum absolute atomic E-state index is 12.3. The summed E-state index contributed by atoms with van der Waals surface area (Å²) in [5.74, 6) is -0.0677. The van der Waals surface area contributed by atoms with Crippen molar-refractivity contribution in [1.82, 2.24) is 19.9 Å². The summed E-state index contributed by atoms with van der Waals surface area (Å²) < 4.78 is 0. The first-order valence-corrected chi connectivity index (χ1v) is 7.70. The van der Waals surface area contributed by atoms with Crippen LogP contribution in [0.15, 0.2) is 41.9 Å². The fourth-order valence-electron chi connectivity index (χ4n) is 2.02. The maximum atomic E-state index is 12.3. The summed E-state index contributed by atoms with van der Waals surface area (Å²) in [5.41, 5.74) is 3.26. The van der Waals surface area contributed by atoms with Crippen LogP contribution in [0.3, 0.4) is 0 Å². The van der Waals surface area contributed by atoms with Gasteiger partial charge in [0.15, 0.2) is 5.65 Å². The van der Waals surface area contributed by atoms with Gasteiger partial charge in [0, 0.05) is 5.69 Å². The fraction of sp³-hybridized carbons (Fsp3) is 0.200. The van der Waals surface area contributed by atoms with Crippen LogP contribution >= 0.6 is 11.8 Å². The third-order valence-electron chi connectivity index (χ3n) is 3.13. The number of aromatic amines is 1. The number of thioether (sulfide) groups is 1. The molecule has 0 aliphatic carbocycles. The lowest BCUT2D eigenvalue weighted by Crippen LogP contribution is -2.22. The van der Waals surface area contributed by atoms with Crippen LogP contribution in [0.1, 0.15) is 12.5 Å². The van der Waals surface area contributed by atoms with Crippen molar-refractivity contribution >= 4 is 34.5 Å². The van der Waals surface area contributed by atoms with Crippen LogP contribution in [0.25, 0.3) is 11.2 Å². The Morgan fingerprint density at radius 2 is 2.18 bits per heavy atom. The van der Waals surface area contributed by atoms with Crippen LogP contribution in [0, 0.1) is 6.92 Å². The summed E-state index contributed by atoms with van der Waals surface area (Å²) >= 11 is 1.37. The number of benzene rings is 1. The van der Waals surface area contributed by atoms with E-state index in [0.717, 1.165) is 21.8 Å². The van der Waals surface area contributed by atoms with Crippen molar-refractivity contribution in [2.24, 2.45) is 0 Å². The molecule has 1 amide bonds. The van der Waals surface area contributed by atoms with Crippen molar-refractivity contribution in [2.45, 2.75) is 24.1 Å². The number of nitrogens with one attached hydrogen (secondary N) is 2. The predicted octanol–water partition coefficient (Wildman–Crippen LogP) is 2.78. The summed E-state index contributed by atoms with van der Waals surface area (Å²) in [4.78, 5) is 27.7. The second-order valence-electron chi connectivity index (χ2n) is 4.90. The average molecular weight is 313 g/mol. The van der Waals surface area contributed by atoms with Crippen LogP contribution in [-0.4, -0.2) is 31.1 Å². The number of hydrogen-bond acceptors (Lipinski definition) is 5. The van der Waals surface area contributed by atoms with E-state index in [1.54, 1.807) is 6.33 Å². The largest absolute Gasteiger partial charge is 0.341 e. The molecule has 2 aromatic heterocycles. The number of amides is 1. The Morgan fingerprint density at radius 1 is 1.32 bits per heavy atom. The molecule has 0 saturated carbocycles. The Morgan fingerprint density at radius 3 is 3.00 bits per heavy atom. The summed E-state index contributed by atoms with van der Waals surface area (Å²) in [6.07, 6.45) is 3.03. The van der Waals surface area contributed by atoms with E-state index in [1.807, 2.05) is 38.1 Å². The monoisotopic (exact) mass is 313 g/mol. The van der Waals surface area contributed by atoms with Crippen molar-refractivity contribution in [3.63, 3.8) is 0 Å². The molecule has 3 rings (SSSR count). The van der Waals surface area contributed by atoms with Gasteiger partial charge in [0.2, 0.25) is 5.91 Å². The number of aryl methyl sites for hydroxylation is 1. The molecule has 2 N–H and O–H groups in total. The molecule has 1 unspecified atom stereocenters. The maximum Gasteiger partial charge on any atom is 0.237 e. The molecule has 22 heavy (non-hydrogen) atoms. The Hall–Kier alpha value is -2.41. The minimum atomic E-state index is -0.290. The molecule has 7 heteroatoms. The van der Waals surface area contributed by atoms with Crippen LogP contribution in [-0.2, 0) is 4.79 Å². The molecule has 0 saturated heterocycles. The molecule has 1 aromatic carbocycles. The lowest BCUT2D eigenvalue weighted by atomic mass is 10.2. The fourth-order valence-corrected chi connectivity index (χ4v) is 2.90. The van der Waals surface area contributed by atoms with Crippen LogP contribution in [0.4, 0.5) is 5.69 Å². The van der Waals surface area contributed by atoms with Gasteiger partial charge in [0.05, 0.1) is 11.6 Å². The van der Waals surface area contributed by atoms with E-state index in [2.05, 4.69) is 25.3 Å². The molecule has 0 aliphatic rings. The first kappa shape index (κ1) is 14.5. The Balaban J connectivity index is 1.72. The Bertz CT molecular complexity index is 816. The number of nitrogens with zero attached hydrogens (tertiary/aromatic N) is 3. The van der Waals surface area contributed by atoms with Crippen molar-refractivity contribution in [3.05, 3.63) is 42.5 Å². The number of hydrogen-bond donors (Lipinski definition) is 2. The van der Waals surface area contributed by atoms with E-state index >= 15 is 0 Å². The number of carbonyl (C=O) groups is 1. The highest BCUT2D eigenvalue weighted by atomic mass is 32.2. The van der Waals surface area contributed by atoms with Crippen LogP contribution in [0.2, 0.25) is 0 Å². The van der Waals surface area contributed by atoms with Gasteiger partial charge in [0.25, 0.3) is 0 Å². The zero-order valence-electron chi connectivity index (χ0n) is 12.2. The second kappa shape index (κ2) is 6.15. The van der Waals surface area contributed by atoms with Gasteiger partial charge in [-0.3, -0.25) is 4.79 Å². The number of rotatable bonds is 4. The first-order valence-electron chi connectivity index (χ1n) is 6.82.